The van der Waals surface area contributed by atoms with Crippen LogP contribution in [0.4, 0.5) is 5.69 Å². The number of hydrogen-bond acceptors (Lipinski definition) is 5. The number of pyridine rings is 2. The fraction of sp³-hybridized carbons (Fsp3) is 0.273. The van der Waals surface area contributed by atoms with Gasteiger partial charge >= 0.3 is 0 Å². The molecule has 4 aromatic rings. The van der Waals surface area contributed by atoms with Crippen LogP contribution in [0.3, 0.4) is 0 Å². The number of aryl methyl sites for hydroxylation is 2. The largest absolute Gasteiger partial charge is 0.387 e. The first-order valence-electron chi connectivity index (χ1n) is 14.0. The highest BCUT2D eigenvalue weighted by atomic mass is 16.2. The van der Waals surface area contributed by atoms with Crippen molar-refractivity contribution in [2.75, 3.05) is 13.1 Å². The van der Waals surface area contributed by atoms with Gasteiger partial charge in [-0.2, -0.15) is 0 Å². The van der Waals surface area contributed by atoms with E-state index in [1.54, 1.807) is 10.8 Å². The normalized spacial score (nSPS) is 12.8. The van der Waals surface area contributed by atoms with E-state index in [0.29, 0.717) is 36.2 Å². The Hall–Kier alpha value is -4.52. The van der Waals surface area contributed by atoms with Crippen molar-refractivity contribution in [2.24, 2.45) is 10.7 Å². The van der Waals surface area contributed by atoms with Crippen molar-refractivity contribution in [1.82, 2.24) is 14.5 Å². The number of carbonyl (C=O) groups excluding carboxylic acids is 1. The number of hydrogen-bond donors (Lipinski definition) is 1. The second-order valence-electron chi connectivity index (χ2n) is 10.2. The van der Waals surface area contributed by atoms with Crippen LogP contribution in [0.2, 0.25) is 0 Å². The van der Waals surface area contributed by atoms with Gasteiger partial charge in [-0.3, -0.25) is 14.6 Å². The first-order chi connectivity index (χ1) is 19.5. The predicted octanol–water partition coefficient (Wildman–Crippen LogP) is 5.73. The van der Waals surface area contributed by atoms with Crippen LogP contribution in [0.15, 0.2) is 88.4 Å². The Morgan fingerprint density at radius 2 is 1.77 bits per heavy atom. The van der Waals surface area contributed by atoms with Crippen molar-refractivity contribution >= 4 is 34.3 Å². The van der Waals surface area contributed by atoms with Gasteiger partial charge in [-0.25, -0.2) is 4.99 Å². The third-order valence-electron chi connectivity index (χ3n) is 7.19. The molecule has 2 aromatic heterocycles. The summed E-state index contributed by atoms with van der Waals surface area (Å²) in [4.78, 5) is 37.3. The number of aromatic nitrogens is 2. The third kappa shape index (κ3) is 5.88. The summed E-state index contributed by atoms with van der Waals surface area (Å²) in [5, 5.41) is 1.56. The lowest BCUT2D eigenvalue weighted by Gasteiger charge is -2.22. The van der Waals surface area contributed by atoms with E-state index < -0.39 is 0 Å². The van der Waals surface area contributed by atoms with Gasteiger partial charge in [0, 0.05) is 67.1 Å². The SMILES string of the molecule is CCCN(CCC)C(=O)C1=Cc2ccc(-c3ccc4c(=O)n(CCc5ccccn5)ccc4c3)cc2N=C(N)C1. The highest BCUT2D eigenvalue weighted by molar-refractivity contribution is 6.05. The Balaban J connectivity index is 1.42. The molecule has 204 valence electrons. The Morgan fingerprint density at radius 3 is 2.52 bits per heavy atom. The molecule has 0 fully saturated rings. The highest BCUT2D eigenvalue weighted by Crippen LogP contribution is 2.33. The van der Waals surface area contributed by atoms with Gasteiger partial charge < -0.3 is 15.2 Å². The van der Waals surface area contributed by atoms with Crippen molar-refractivity contribution in [3.8, 4) is 11.1 Å². The summed E-state index contributed by atoms with van der Waals surface area (Å²) in [7, 11) is 0. The first kappa shape index (κ1) is 27.1. The zero-order valence-electron chi connectivity index (χ0n) is 23.1. The van der Waals surface area contributed by atoms with Crippen LogP contribution < -0.4 is 11.3 Å². The molecule has 5 rings (SSSR count). The fourth-order valence-corrected chi connectivity index (χ4v) is 5.19. The molecule has 0 saturated carbocycles. The van der Waals surface area contributed by atoms with Crippen LogP contribution in [0.5, 0.6) is 0 Å². The molecule has 1 amide bonds. The van der Waals surface area contributed by atoms with Gasteiger partial charge in [-0.05, 0) is 71.8 Å². The maximum atomic E-state index is 13.3. The van der Waals surface area contributed by atoms with Gasteiger partial charge in [-0.15, -0.1) is 0 Å². The summed E-state index contributed by atoms with van der Waals surface area (Å²) in [5.74, 6) is 0.451. The van der Waals surface area contributed by atoms with Crippen LogP contribution in [-0.2, 0) is 17.8 Å². The monoisotopic (exact) mass is 533 g/mol. The average Bonchev–Trinajstić information content (AvgIpc) is 3.14. The number of aliphatic imine (C=N–C) groups is 1. The number of rotatable bonds is 9. The Bertz CT molecular complexity index is 1650. The van der Waals surface area contributed by atoms with Crippen molar-refractivity contribution in [2.45, 2.75) is 46.1 Å². The molecule has 2 aromatic carbocycles. The van der Waals surface area contributed by atoms with Crippen molar-refractivity contribution in [3.05, 3.63) is 100 Å². The minimum atomic E-state index is -0.0122. The summed E-state index contributed by atoms with van der Waals surface area (Å²) in [6, 6.07) is 19.7. The summed E-state index contributed by atoms with van der Waals surface area (Å²) in [5.41, 5.74) is 11.5. The molecule has 7 nitrogen and oxygen atoms in total. The summed E-state index contributed by atoms with van der Waals surface area (Å²) in [6.07, 6.45) is 8.39. The van der Waals surface area contributed by atoms with Crippen molar-refractivity contribution in [3.63, 3.8) is 0 Å². The van der Waals surface area contributed by atoms with E-state index in [9.17, 15) is 9.59 Å². The third-order valence-corrected chi connectivity index (χ3v) is 7.19. The molecule has 2 N–H and O–H groups in total. The second-order valence-corrected chi connectivity index (χ2v) is 10.2. The minimum Gasteiger partial charge on any atom is -0.387 e. The Labute approximate surface area is 234 Å². The number of nitrogens with two attached hydrogens (primary N) is 1. The number of nitrogens with zero attached hydrogens (tertiary/aromatic N) is 4. The number of amidine groups is 1. The number of benzene rings is 2. The lowest BCUT2D eigenvalue weighted by atomic mass is 9.99. The predicted molar refractivity (Wildman–Crippen MR) is 163 cm³/mol. The van der Waals surface area contributed by atoms with E-state index in [-0.39, 0.29) is 11.5 Å². The molecule has 40 heavy (non-hydrogen) atoms. The standard InChI is InChI=1S/C33H35N5O2/c1-3-15-37(16-4-2)32(39)27-20-26-9-8-24(21-30(26)36-31(34)22-27)23-10-11-29-25(19-23)12-17-38(33(29)40)18-13-28-7-5-6-14-35-28/h5-12,14,17,19-21H,3-4,13,15-16,18,22H2,1-2H3,(H2,34,36). The summed E-state index contributed by atoms with van der Waals surface area (Å²) >= 11 is 0. The Kier molecular flexibility index (Phi) is 8.20. The number of amides is 1. The molecule has 7 heteroatoms. The molecule has 3 heterocycles. The lowest BCUT2D eigenvalue weighted by Crippen LogP contribution is -2.34. The van der Waals surface area contributed by atoms with E-state index in [1.807, 2.05) is 77.8 Å². The molecule has 0 bridgehead atoms. The number of carbonyl (C=O) groups is 1. The van der Waals surface area contributed by atoms with Gasteiger partial charge in [0.1, 0.15) is 5.84 Å². The van der Waals surface area contributed by atoms with E-state index in [1.165, 1.54) is 0 Å². The maximum absolute atomic E-state index is 13.3. The van der Waals surface area contributed by atoms with Gasteiger partial charge in [0.25, 0.3) is 5.56 Å². The lowest BCUT2D eigenvalue weighted by molar-refractivity contribution is -0.127. The topological polar surface area (TPSA) is 93.6 Å². The quantitative estimate of drug-likeness (QED) is 0.297. The molecule has 0 saturated heterocycles. The number of fused-ring (bicyclic) bond motifs is 2. The molecule has 1 aliphatic rings. The molecule has 0 atom stereocenters. The molecule has 0 unspecified atom stereocenters. The molecule has 1 aliphatic heterocycles. The van der Waals surface area contributed by atoms with Gasteiger partial charge in [0.2, 0.25) is 5.91 Å². The van der Waals surface area contributed by atoms with Crippen LogP contribution in [0, 0.1) is 0 Å². The molecule has 0 aliphatic carbocycles. The maximum Gasteiger partial charge on any atom is 0.258 e. The van der Waals surface area contributed by atoms with E-state index in [2.05, 4.69) is 23.8 Å². The second kappa shape index (κ2) is 12.1. The summed E-state index contributed by atoms with van der Waals surface area (Å²) in [6.45, 7) is 6.19. The van der Waals surface area contributed by atoms with Crippen LogP contribution in [-0.4, -0.2) is 39.3 Å². The minimum absolute atomic E-state index is 0.0122. The van der Waals surface area contributed by atoms with Gasteiger partial charge in [0.05, 0.1) is 5.69 Å². The highest BCUT2D eigenvalue weighted by Gasteiger charge is 2.21. The fourth-order valence-electron chi connectivity index (χ4n) is 5.19. The average molecular weight is 534 g/mol. The van der Waals surface area contributed by atoms with Crippen LogP contribution >= 0.6 is 0 Å². The van der Waals surface area contributed by atoms with Crippen LogP contribution in [0.1, 0.15) is 44.4 Å². The van der Waals surface area contributed by atoms with Crippen molar-refractivity contribution in [1.29, 1.82) is 0 Å². The zero-order chi connectivity index (χ0) is 28.1. The van der Waals surface area contributed by atoms with E-state index in [0.717, 1.165) is 59.4 Å². The summed E-state index contributed by atoms with van der Waals surface area (Å²) < 4.78 is 1.74. The van der Waals surface area contributed by atoms with Gasteiger partial charge in [-0.1, -0.05) is 38.1 Å². The molecule has 0 radical (unpaired) electrons. The van der Waals surface area contributed by atoms with E-state index >= 15 is 0 Å². The zero-order valence-corrected chi connectivity index (χ0v) is 23.1. The van der Waals surface area contributed by atoms with Crippen molar-refractivity contribution < 1.29 is 4.79 Å². The van der Waals surface area contributed by atoms with E-state index in [4.69, 9.17) is 5.73 Å². The van der Waals surface area contributed by atoms with Crippen LogP contribution in [0.25, 0.3) is 28.0 Å². The molecule has 0 spiro atoms. The molecular formula is C33H35N5O2. The Morgan fingerprint density at radius 1 is 1.00 bits per heavy atom. The van der Waals surface area contributed by atoms with Gasteiger partial charge in [0.15, 0.2) is 0 Å². The molecular weight excluding hydrogens is 498 g/mol. The first-order valence-corrected chi connectivity index (χ1v) is 14.0. The smallest absolute Gasteiger partial charge is 0.258 e.